The Bertz CT molecular complexity index is 496. The van der Waals surface area contributed by atoms with Crippen LogP contribution in [-0.4, -0.2) is 33.9 Å². The first kappa shape index (κ1) is 13.9. The molecule has 2 heterocycles. The number of amides is 1. The average molecular weight is 277 g/mol. The Hall–Kier alpha value is -1.49. The van der Waals surface area contributed by atoms with E-state index in [1.807, 2.05) is 4.90 Å². The van der Waals surface area contributed by atoms with Crippen LogP contribution in [0.3, 0.4) is 0 Å². The van der Waals surface area contributed by atoms with Gasteiger partial charge < -0.3 is 10.6 Å². The fourth-order valence-corrected chi connectivity index (χ4v) is 2.55. The average Bonchev–Trinajstić information content (AvgIpc) is 2.37. The third kappa shape index (κ3) is 3.29. The fourth-order valence-electron chi connectivity index (χ4n) is 2.42. The minimum Gasteiger partial charge on any atom is -0.389 e. The van der Waals surface area contributed by atoms with Crippen LogP contribution in [0, 0.1) is 5.41 Å². The van der Waals surface area contributed by atoms with Gasteiger partial charge in [0.05, 0.1) is 0 Å². The number of piperidine rings is 1. The van der Waals surface area contributed by atoms with Gasteiger partial charge in [0.25, 0.3) is 5.91 Å². The number of nitrogens with zero attached hydrogens (tertiary/aromatic N) is 2. The summed E-state index contributed by atoms with van der Waals surface area (Å²) in [6.45, 7) is 5.97. The number of pyridine rings is 1. The van der Waals surface area contributed by atoms with E-state index in [0.29, 0.717) is 16.2 Å². The molecule has 0 bridgehead atoms. The maximum Gasteiger partial charge on any atom is 0.272 e. The molecule has 4 nitrogen and oxygen atoms in total. The summed E-state index contributed by atoms with van der Waals surface area (Å²) < 4.78 is 0. The van der Waals surface area contributed by atoms with Crippen LogP contribution < -0.4 is 5.73 Å². The lowest BCUT2D eigenvalue weighted by molar-refractivity contribution is 0.0577. The topological polar surface area (TPSA) is 59.2 Å². The fraction of sp³-hybridized carbons (Fsp3) is 0.500. The van der Waals surface area contributed by atoms with Crippen LogP contribution in [-0.2, 0) is 0 Å². The summed E-state index contributed by atoms with van der Waals surface area (Å²) in [5.41, 5.74) is 6.84. The molecule has 0 aliphatic carbocycles. The molecule has 2 rings (SSSR count). The van der Waals surface area contributed by atoms with Gasteiger partial charge in [-0.2, -0.15) is 0 Å². The van der Waals surface area contributed by atoms with E-state index in [4.69, 9.17) is 18.0 Å². The van der Waals surface area contributed by atoms with E-state index in [1.165, 1.54) is 0 Å². The van der Waals surface area contributed by atoms with E-state index in [1.54, 1.807) is 18.3 Å². The Morgan fingerprint density at radius 3 is 2.74 bits per heavy atom. The Kier molecular flexibility index (Phi) is 3.85. The van der Waals surface area contributed by atoms with E-state index in [2.05, 4.69) is 18.8 Å². The molecule has 0 unspecified atom stereocenters. The molecule has 0 atom stereocenters. The molecule has 102 valence electrons. The largest absolute Gasteiger partial charge is 0.389 e. The molecular weight excluding hydrogens is 258 g/mol. The lowest BCUT2D eigenvalue weighted by atomic mass is 9.84. The highest BCUT2D eigenvalue weighted by atomic mass is 32.1. The highest BCUT2D eigenvalue weighted by molar-refractivity contribution is 7.80. The first-order valence-electron chi connectivity index (χ1n) is 6.44. The molecule has 0 radical (unpaired) electrons. The number of hydrogen-bond donors (Lipinski definition) is 1. The number of thiocarbonyl (C=S) groups is 1. The summed E-state index contributed by atoms with van der Waals surface area (Å²) in [6.07, 6.45) is 3.76. The third-order valence-electron chi connectivity index (χ3n) is 3.45. The van der Waals surface area contributed by atoms with Crippen molar-refractivity contribution in [3.63, 3.8) is 0 Å². The number of carbonyl (C=O) groups is 1. The van der Waals surface area contributed by atoms with E-state index in [9.17, 15) is 4.79 Å². The van der Waals surface area contributed by atoms with E-state index < -0.39 is 0 Å². The molecule has 1 fully saturated rings. The molecule has 0 aromatic carbocycles. The van der Waals surface area contributed by atoms with Crippen LogP contribution in [0.15, 0.2) is 18.3 Å². The monoisotopic (exact) mass is 277 g/mol. The van der Waals surface area contributed by atoms with Crippen molar-refractivity contribution in [3.05, 3.63) is 29.6 Å². The Labute approximate surface area is 119 Å². The van der Waals surface area contributed by atoms with Gasteiger partial charge in [-0.15, -0.1) is 0 Å². The summed E-state index contributed by atoms with van der Waals surface area (Å²) in [5, 5.41) is 0. The third-order valence-corrected chi connectivity index (χ3v) is 3.69. The Balaban J connectivity index is 2.13. The molecule has 2 N–H and O–H groups in total. The van der Waals surface area contributed by atoms with Gasteiger partial charge in [0.1, 0.15) is 10.7 Å². The standard InChI is InChI=1S/C14H19N3OS/c1-14(2)6-3-7-17(9-14)13(18)11-5-4-10(8-16-11)12(15)19/h4-5,8H,3,6-7,9H2,1-2H3,(H2,15,19). The SMILES string of the molecule is CC1(C)CCCN(C(=O)c2ccc(C(N)=S)cn2)C1. The van der Waals surface area contributed by atoms with Crippen LogP contribution in [0.2, 0.25) is 0 Å². The van der Waals surface area contributed by atoms with E-state index in [-0.39, 0.29) is 11.3 Å². The summed E-state index contributed by atoms with van der Waals surface area (Å²) in [6, 6.07) is 3.44. The van der Waals surface area contributed by atoms with Crippen LogP contribution >= 0.6 is 12.2 Å². The van der Waals surface area contributed by atoms with Gasteiger partial charge in [-0.05, 0) is 30.4 Å². The molecule has 1 saturated heterocycles. The van der Waals surface area contributed by atoms with Crippen molar-refractivity contribution < 1.29 is 4.79 Å². The van der Waals surface area contributed by atoms with Gasteiger partial charge in [-0.3, -0.25) is 9.78 Å². The number of hydrogen-bond acceptors (Lipinski definition) is 3. The molecule has 1 aliphatic heterocycles. The van der Waals surface area contributed by atoms with Crippen molar-refractivity contribution in [2.24, 2.45) is 11.1 Å². The van der Waals surface area contributed by atoms with Gasteiger partial charge in [-0.25, -0.2) is 0 Å². The number of nitrogens with two attached hydrogens (primary N) is 1. The summed E-state index contributed by atoms with van der Waals surface area (Å²) in [4.78, 5) is 18.7. The van der Waals surface area contributed by atoms with Crippen molar-refractivity contribution in [1.29, 1.82) is 0 Å². The second-order valence-corrected chi connectivity index (χ2v) is 6.23. The predicted octanol–water partition coefficient (Wildman–Crippen LogP) is 1.98. The van der Waals surface area contributed by atoms with Crippen molar-refractivity contribution in [2.45, 2.75) is 26.7 Å². The zero-order valence-electron chi connectivity index (χ0n) is 11.3. The van der Waals surface area contributed by atoms with Crippen LogP contribution in [0.25, 0.3) is 0 Å². The van der Waals surface area contributed by atoms with Crippen molar-refractivity contribution in [3.8, 4) is 0 Å². The minimum atomic E-state index is -0.0118. The smallest absolute Gasteiger partial charge is 0.272 e. The van der Waals surface area contributed by atoms with Gasteiger partial charge in [0, 0.05) is 24.8 Å². The maximum atomic E-state index is 12.4. The van der Waals surface area contributed by atoms with Gasteiger partial charge in [0.2, 0.25) is 0 Å². The normalized spacial score (nSPS) is 18.1. The molecule has 0 spiro atoms. The predicted molar refractivity (Wildman–Crippen MR) is 79.0 cm³/mol. The number of carbonyl (C=O) groups excluding carboxylic acids is 1. The summed E-state index contributed by atoms with van der Waals surface area (Å²) >= 11 is 4.87. The molecule has 19 heavy (non-hydrogen) atoms. The second kappa shape index (κ2) is 5.25. The zero-order chi connectivity index (χ0) is 14.0. The van der Waals surface area contributed by atoms with E-state index >= 15 is 0 Å². The Morgan fingerprint density at radius 2 is 2.21 bits per heavy atom. The molecule has 1 aliphatic rings. The summed E-state index contributed by atoms with van der Waals surface area (Å²) in [7, 11) is 0. The molecule has 1 amide bonds. The maximum absolute atomic E-state index is 12.4. The highest BCUT2D eigenvalue weighted by Gasteiger charge is 2.29. The molecular formula is C14H19N3OS. The van der Waals surface area contributed by atoms with Gasteiger partial charge in [-0.1, -0.05) is 26.1 Å². The number of likely N-dealkylation sites (tertiary alicyclic amines) is 1. The quantitative estimate of drug-likeness (QED) is 0.840. The first-order chi connectivity index (χ1) is 8.89. The first-order valence-corrected chi connectivity index (χ1v) is 6.85. The lowest BCUT2D eigenvalue weighted by Gasteiger charge is -2.37. The van der Waals surface area contributed by atoms with Crippen LogP contribution in [0.1, 0.15) is 42.7 Å². The minimum absolute atomic E-state index is 0.0118. The Morgan fingerprint density at radius 1 is 1.47 bits per heavy atom. The molecule has 1 aromatic heterocycles. The van der Waals surface area contributed by atoms with E-state index in [0.717, 1.165) is 25.9 Å². The lowest BCUT2D eigenvalue weighted by Crippen LogP contribution is -2.43. The number of aromatic nitrogens is 1. The van der Waals surface area contributed by atoms with Crippen molar-refractivity contribution >= 4 is 23.1 Å². The highest BCUT2D eigenvalue weighted by Crippen LogP contribution is 2.28. The number of rotatable bonds is 2. The zero-order valence-corrected chi connectivity index (χ0v) is 12.2. The van der Waals surface area contributed by atoms with Crippen molar-refractivity contribution in [1.82, 2.24) is 9.88 Å². The van der Waals surface area contributed by atoms with Crippen LogP contribution in [0.5, 0.6) is 0 Å². The summed E-state index contributed by atoms with van der Waals surface area (Å²) in [5.74, 6) is -0.0118. The van der Waals surface area contributed by atoms with Crippen LogP contribution in [0.4, 0.5) is 0 Å². The van der Waals surface area contributed by atoms with Crippen molar-refractivity contribution in [2.75, 3.05) is 13.1 Å². The van der Waals surface area contributed by atoms with Gasteiger partial charge >= 0.3 is 0 Å². The molecule has 0 saturated carbocycles. The van der Waals surface area contributed by atoms with Gasteiger partial charge in [0.15, 0.2) is 0 Å². The molecule has 5 heteroatoms. The second-order valence-electron chi connectivity index (χ2n) is 5.79. The molecule has 1 aromatic rings.